The molecule has 1 N–H and O–H groups in total. The Morgan fingerprint density at radius 3 is 2.47 bits per heavy atom. The fourth-order valence-corrected chi connectivity index (χ4v) is 1.15. The van der Waals surface area contributed by atoms with Gasteiger partial charge in [0.25, 0.3) is 0 Å². The van der Waals surface area contributed by atoms with E-state index in [1.54, 1.807) is 30.3 Å². The highest BCUT2D eigenvalue weighted by Gasteiger charge is 2.20. The standard InChI is InChI=1S/C11H11NO3/c1-8(10(13)7-12-15)11(14)9-5-3-2-4-6-9/h2-8,15H,1H3. The lowest BCUT2D eigenvalue weighted by Gasteiger charge is -2.05. The van der Waals surface area contributed by atoms with E-state index in [-0.39, 0.29) is 5.78 Å². The van der Waals surface area contributed by atoms with E-state index in [0.717, 1.165) is 6.21 Å². The lowest BCUT2D eigenvalue weighted by atomic mass is 9.96. The largest absolute Gasteiger partial charge is 0.411 e. The topological polar surface area (TPSA) is 66.7 Å². The summed E-state index contributed by atoms with van der Waals surface area (Å²) in [5.74, 6) is -1.60. The van der Waals surface area contributed by atoms with Crippen molar-refractivity contribution >= 4 is 17.8 Å². The predicted molar refractivity (Wildman–Crippen MR) is 55.2 cm³/mol. The molecule has 0 aliphatic heterocycles. The molecule has 0 heterocycles. The van der Waals surface area contributed by atoms with Crippen molar-refractivity contribution in [2.75, 3.05) is 0 Å². The van der Waals surface area contributed by atoms with Crippen LogP contribution in [-0.4, -0.2) is 23.0 Å². The molecule has 0 fully saturated rings. The first-order valence-corrected chi connectivity index (χ1v) is 4.47. The zero-order valence-corrected chi connectivity index (χ0v) is 8.25. The van der Waals surface area contributed by atoms with Crippen molar-refractivity contribution in [1.29, 1.82) is 0 Å². The van der Waals surface area contributed by atoms with Crippen LogP contribution in [0.15, 0.2) is 35.5 Å². The lowest BCUT2D eigenvalue weighted by Crippen LogP contribution is -2.22. The fraction of sp³-hybridized carbons (Fsp3) is 0.182. The molecule has 0 aliphatic carbocycles. The molecular formula is C11H11NO3. The third-order valence-electron chi connectivity index (χ3n) is 2.06. The average molecular weight is 205 g/mol. The van der Waals surface area contributed by atoms with Crippen molar-refractivity contribution in [2.45, 2.75) is 6.92 Å². The van der Waals surface area contributed by atoms with E-state index in [9.17, 15) is 9.59 Å². The highest BCUT2D eigenvalue weighted by atomic mass is 16.4. The number of hydrogen-bond acceptors (Lipinski definition) is 4. The molecule has 1 aromatic carbocycles. The van der Waals surface area contributed by atoms with Crippen LogP contribution in [0.25, 0.3) is 0 Å². The van der Waals surface area contributed by atoms with Gasteiger partial charge in [-0.3, -0.25) is 9.59 Å². The van der Waals surface area contributed by atoms with Crippen molar-refractivity contribution < 1.29 is 14.8 Å². The van der Waals surface area contributed by atoms with Gasteiger partial charge in [-0.05, 0) is 6.92 Å². The maximum atomic E-state index is 11.7. The molecular weight excluding hydrogens is 194 g/mol. The first-order chi connectivity index (χ1) is 7.16. The molecule has 0 saturated heterocycles. The first kappa shape index (κ1) is 11.1. The summed E-state index contributed by atoms with van der Waals surface area (Å²) < 4.78 is 0. The number of nitrogens with zero attached hydrogens (tertiary/aromatic N) is 1. The molecule has 0 saturated carbocycles. The van der Waals surface area contributed by atoms with Crippen LogP contribution in [0.2, 0.25) is 0 Å². The monoisotopic (exact) mass is 205 g/mol. The van der Waals surface area contributed by atoms with Gasteiger partial charge in [-0.25, -0.2) is 0 Å². The molecule has 15 heavy (non-hydrogen) atoms. The SMILES string of the molecule is CC(C(=O)C=NO)C(=O)c1ccccc1. The quantitative estimate of drug-likeness (QED) is 0.266. The molecule has 4 heteroatoms. The van der Waals surface area contributed by atoms with Crippen LogP contribution in [0.3, 0.4) is 0 Å². The van der Waals surface area contributed by atoms with Gasteiger partial charge in [-0.1, -0.05) is 35.5 Å². The van der Waals surface area contributed by atoms with Crippen LogP contribution in [0, 0.1) is 5.92 Å². The minimum atomic E-state index is -0.816. The van der Waals surface area contributed by atoms with Gasteiger partial charge in [0.2, 0.25) is 0 Å². The van der Waals surface area contributed by atoms with E-state index in [0.29, 0.717) is 5.56 Å². The molecule has 0 aliphatic rings. The van der Waals surface area contributed by atoms with Gasteiger partial charge >= 0.3 is 0 Å². The maximum Gasteiger partial charge on any atom is 0.187 e. The second kappa shape index (κ2) is 5.05. The molecule has 0 amide bonds. The van der Waals surface area contributed by atoms with Crippen LogP contribution in [0.5, 0.6) is 0 Å². The second-order valence-electron chi connectivity index (χ2n) is 3.10. The third-order valence-corrected chi connectivity index (χ3v) is 2.06. The fourth-order valence-electron chi connectivity index (χ4n) is 1.15. The van der Waals surface area contributed by atoms with Crippen LogP contribution >= 0.6 is 0 Å². The number of oxime groups is 1. The van der Waals surface area contributed by atoms with E-state index in [4.69, 9.17) is 5.21 Å². The number of carbonyl (C=O) groups excluding carboxylic acids is 2. The minimum Gasteiger partial charge on any atom is -0.411 e. The predicted octanol–water partition coefficient (Wildman–Crippen LogP) is 1.53. The molecule has 0 spiro atoms. The zero-order chi connectivity index (χ0) is 11.3. The molecule has 4 nitrogen and oxygen atoms in total. The molecule has 78 valence electrons. The van der Waals surface area contributed by atoms with E-state index in [1.165, 1.54) is 6.92 Å². The van der Waals surface area contributed by atoms with Gasteiger partial charge in [0.15, 0.2) is 11.6 Å². The summed E-state index contributed by atoms with van der Waals surface area (Å²) in [6.07, 6.45) is 0.742. The maximum absolute atomic E-state index is 11.7. The smallest absolute Gasteiger partial charge is 0.187 e. The summed E-state index contributed by atoms with van der Waals surface area (Å²) in [5.41, 5.74) is 0.477. The van der Waals surface area contributed by atoms with Crippen molar-refractivity contribution in [3.8, 4) is 0 Å². The Hall–Kier alpha value is -1.97. The van der Waals surface area contributed by atoms with E-state index >= 15 is 0 Å². The van der Waals surface area contributed by atoms with Crippen LogP contribution < -0.4 is 0 Å². The number of carbonyl (C=O) groups is 2. The number of rotatable bonds is 4. The Labute approximate surface area is 87.2 Å². The van der Waals surface area contributed by atoms with Gasteiger partial charge in [-0.2, -0.15) is 0 Å². The van der Waals surface area contributed by atoms with E-state index < -0.39 is 11.7 Å². The number of Topliss-reactive ketones (excluding diaryl/α,β-unsaturated/α-hetero) is 2. The number of benzene rings is 1. The average Bonchev–Trinajstić information content (AvgIpc) is 2.28. The van der Waals surface area contributed by atoms with Crippen LogP contribution in [0.1, 0.15) is 17.3 Å². The second-order valence-corrected chi connectivity index (χ2v) is 3.10. The summed E-state index contributed by atoms with van der Waals surface area (Å²) >= 11 is 0. The Morgan fingerprint density at radius 2 is 1.93 bits per heavy atom. The highest BCUT2D eigenvalue weighted by molar-refractivity contribution is 6.34. The summed E-state index contributed by atoms with van der Waals surface area (Å²) in [4.78, 5) is 22.9. The van der Waals surface area contributed by atoms with Gasteiger partial charge in [0.1, 0.15) is 6.21 Å². The minimum absolute atomic E-state index is 0.277. The highest BCUT2D eigenvalue weighted by Crippen LogP contribution is 2.08. The van der Waals surface area contributed by atoms with Gasteiger partial charge in [0, 0.05) is 5.56 Å². The van der Waals surface area contributed by atoms with Gasteiger partial charge < -0.3 is 5.21 Å². The van der Waals surface area contributed by atoms with Crippen LogP contribution in [-0.2, 0) is 4.79 Å². The van der Waals surface area contributed by atoms with E-state index in [1.807, 2.05) is 0 Å². The molecule has 1 aromatic rings. The normalized spacial score (nSPS) is 12.6. The van der Waals surface area contributed by atoms with Gasteiger partial charge in [-0.15, -0.1) is 0 Å². The Balaban J connectivity index is 2.82. The zero-order valence-electron chi connectivity index (χ0n) is 8.25. The molecule has 1 atom stereocenters. The molecule has 1 unspecified atom stereocenters. The van der Waals surface area contributed by atoms with Crippen molar-refractivity contribution in [2.24, 2.45) is 11.1 Å². The first-order valence-electron chi connectivity index (χ1n) is 4.47. The summed E-state index contributed by atoms with van der Waals surface area (Å²) in [7, 11) is 0. The molecule has 0 bridgehead atoms. The van der Waals surface area contributed by atoms with Gasteiger partial charge in [0.05, 0.1) is 5.92 Å². The number of hydrogen-bond donors (Lipinski definition) is 1. The molecule has 0 aromatic heterocycles. The lowest BCUT2D eigenvalue weighted by molar-refractivity contribution is -0.114. The Kier molecular flexibility index (Phi) is 3.74. The van der Waals surface area contributed by atoms with Crippen LogP contribution in [0.4, 0.5) is 0 Å². The summed E-state index contributed by atoms with van der Waals surface area (Å²) in [6, 6.07) is 8.53. The summed E-state index contributed by atoms with van der Waals surface area (Å²) in [6.45, 7) is 1.49. The van der Waals surface area contributed by atoms with Crippen molar-refractivity contribution in [1.82, 2.24) is 0 Å². The third kappa shape index (κ3) is 2.74. The molecule has 0 radical (unpaired) electrons. The Morgan fingerprint density at radius 1 is 1.33 bits per heavy atom. The molecule has 1 rings (SSSR count). The number of ketones is 2. The summed E-state index contributed by atoms with van der Waals surface area (Å²) in [5, 5.41) is 10.8. The van der Waals surface area contributed by atoms with E-state index in [2.05, 4.69) is 5.16 Å². The van der Waals surface area contributed by atoms with Crippen molar-refractivity contribution in [3.05, 3.63) is 35.9 Å². The van der Waals surface area contributed by atoms with Crippen molar-refractivity contribution in [3.63, 3.8) is 0 Å². The Bertz CT molecular complexity index is 384.